The van der Waals surface area contributed by atoms with Crippen molar-refractivity contribution in [3.63, 3.8) is 0 Å². The molecule has 0 unspecified atom stereocenters. The number of amides is 2. The van der Waals surface area contributed by atoms with Crippen molar-refractivity contribution in [1.82, 2.24) is 15.6 Å². The quantitative estimate of drug-likeness (QED) is 0.0754. The summed E-state index contributed by atoms with van der Waals surface area (Å²) in [4.78, 5) is 55.3. The molecule has 0 bridgehead atoms. The number of aryl methyl sites for hydroxylation is 1. The van der Waals surface area contributed by atoms with E-state index in [0.717, 1.165) is 23.6 Å². The van der Waals surface area contributed by atoms with Crippen LogP contribution in [0.2, 0.25) is 0 Å². The summed E-state index contributed by atoms with van der Waals surface area (Å²) in [6.45, 7) is 1.73. The molecule has 0 radical (unpaired) electrons. The monoisotopic (exact) mass is 671 g/mol. The van der Waals surface area contributed by atoms with Gasteiger partial charge in [0.1, 0.15) is 31.0 Å². The third-order valence-electron chi connectivity index (χ3n) is 7.48. The van der Waals surface area contributed by atoms with Crippen LogP contribution in [0.3, 0.4) is 0 Å². The van der Waals surface area contributed by atoms with Crippen LogP contribution in [0.1, 0.15) is 37.7 Å². The molecule has 5 rings (SSSR count). The Balaban J connectivity index is 1.22. The van der Waals surface area contributed by atoms with E-state index in [2.05, 4.69) is 15.6 Å². The molecule has 0 saturated carbocycles. The minimum Gasteiger partial charge on any atom is -0.445 e. The summed E-state index contributed by atoms with van der Waals surface area (Å²) in [5.74, 6) is -0.187. The zero-order chi connectivity index (χ0) is 35.5. The van der Waals surface area contributed by atoms with Crippen molar-refractivity contribution in [2.45, 2.75) is 32.2 Å². The third kappa shape index (κ3) is 8.81. The molecule has 5 aromatic rings. The fourth-order valence-electron chi connectivity index (χ4n) is 4.91. The number of ketones is 2. The van der Waals surface area contributed by atoms with Gasteiger partial charge >= 0.3 is 12.2 Å². The lowest BCUT2D eigenvalue weighted by Crippen LogP contribution is -2.42. The molecule has 1 heterocycles. The van der Waals surface area contributed by atoms with Crippen molar-refractivity contribution in [2.24, 2.45) is 0 Å². The van der Waals surface area contributed by atoms with Crippen molar-refractivity contribution in [1.29, 1.82) is 10.8 Å². The summed E-state index contributed by atoms with van der Waals surface area (Å²) < 4.78 is 16.3. The Morgan fingerprint density at radius 2 is 1.08 bits per heavy atom. The molecule has 0 aliphatic heterocycles. The van der Waals surface area contributed by atoms with Crippen LogP contribution in [0.15, 0.2) is 114 Å². The SMILES string of the molecule is Cc1nc(-c2ccc(C(=O)[C@H](C=N)NC(=O)OCc3ccccc3)cc2)c(-c2ccc(C(=O)[C@H](C=N)NC(=O)OCc3ccccc3)cc2)o1. The van der Waals surface area contributed by atoms with Gasteiger partial charge in [0.05, 0.1) is 0 Å². The molecular weight excluding hydrogens is 638 g/mol. The summed E-state index contributed by atoms with van der Waals surface area (Å²) in [7, 11) is 0. The number of carbonyl (C=O) groups excluding carboxylic acids is 4. The van der Waals surface area contributed by atoms with E-state index in [0.29, 0.717) is 28.5 Å². The van der Waals surface area contributed by atoms with Gasteiger partial charge in [-0.1, -0.05) is 109 Å². The second kappa shape index (κ2) is 16.4. The maximum absolute atomic E-state index is 13.1. The van der Waals surface area contributed by atoms with Crippen LogP contribution in [0.25, 0.3) is 22.6 Å². The predicted octanol–water partition coefficient (Wildman–Crippen LogP) is 6.57. The molecule has 252 valence electrons. The summed E-state index contributed by atoms with van der Waals surface area (Å²) in [5.41, 5.74) is 3.82. The second-order valence-electron chi connectivity index (χ2n) is 11.0. The zero-order valence-corrected chi connectivity index (χ0v) is 26.9. The van der Waals surface area contributed by atoms with E-state index in [1.54, 1.807) is 79.7 Å². The van der Waals surface area contributed by atoms with Crippen molar-refractivity contribution in [3.05, 3.63) is 137 Å². The Hall–Kier alpha value is -6.69. The number of hydrogen-bond donors (Lipinski definition) is 4. The van der Waals surface area contributed by atoms with Gasteiger partial charge in [0.2, 0.25) is 0 Å². The molecular formula is C38H33N5O7. The number of alkyl carbamates (subject to hydrolysis) is 2. The van der Waals surface area contributed by atoms with Crippen molar-refractivity contribution in [2.75, 3.05) is 0 Å². The molecule has 0 fully saturated rings. The zero-order valence-electron chi connectivity index (χ0n) is 26.9. The topological polar surface area (TPSA) is 185 Å². The number of nitrogens with zero attached hydrogens (tertiary/aromatic N) is 1. The normalized spacial score (nSPS) is 11.8. The average Bonchev–Trinajstić information content (AvgIpc) is 3.56. The maximum Gasteiger partial charge on any atom is 0.408 e. The number of ether oxygens (including phenoxy) is 2. The predicted molar refractivity (Wildman–Crippen MR) is 185 cm³/mol. The number of benzene rings is 4. The molecule has 0 saturated heterocycles. The van der Waals surface area contributed by atoms with E-state index in [1.165, 1.54) is 0 Å². The van der Waals surface area contributed by atoms with Gasteiger partial charge in [0.25, 0.3) is 0 Å². The Morgan fingerprint density at radius 1 is 0.660 bits per heavy atom. The maximum atomic E-state index is 13.1. The summed E-state index contributed by atoms with van der Waals surface area (Å²) in [5, 5.41) is 20.2. The van der Waals surface area contributed by atoms with Crippen molar-refractivity contribution >= 4 is 36.2 Å². The number of carbonyl (C=O) groups is 4. The molecule has 4 N–H and O–H groups in total. The third-order valence-corrected chi connectivity index (χ3v) is 7.48. The first-order valence-electron chi connectivity index (χ1n) is 15.5. The van der Waals surface area contributed by atoms with Gasteiger partial charge in [-0.3, -0.25) is 9.59 Å². The lowest BCUT2D eigenvalue weighted by molar-refractivity contribution is 0.0947. The van der Waals surface area contributed by atoms with Crippen LogP contribution in [0.5, 0.6) is 0 Å². The number of oxazole rings is 1. The van der Waals surface area contributed by atoms with Crippen molar-refractivity contribution < 1.29 is 33.1 Å². The average molecular weight is 672 g/mol. The largest absolute Gasteiger partial charge is 0.445 e. The van der Waals surface area contributed by atoms with E-state index in [4.69, 9.17) is 24.7 Å². The summed E-state index contributed by atoms with van der Waals surface area (Å²) >= 11 is 0. The van der Waals surface area contributed by atoms with E-state index in [1.807, 2.05) is 36.4 Å². The van der Waals surface area contributed by atoms with E-state index >= 15 is 0 Å². The Labute approximate surface area is 287 Å². The molecule has 0 spiro atoms. The van der Waals surface area contributed by atoms with Gasteiger partial charge in [-0.25, -0.2) is 14.6 Å². The number of rotatable bonds is 14. The second-order valence-corrected chi connectivity index (χ2v) is 11.0. The Bertz CT molecular complexity index is 1830. The molecule has 1 aromatic heterocycles. The van der Waals surface area contributed by atoms with Crippen LogP contribution < -0.4 is 10.6 Å². The number of Topliss-reactive ketones (excluding diaryl/α,β-unsaturated/α-hetero) is 2. The number of hydrogen-bond acceptors (Lipinski definition) is 10. The van der Waals surface area contributed by atoms with E-state index in [-0.39, 0.29) is 24.3 Å². The summed E-state index contributed by atoms with van der Waals surface area (Å²) in [6.07, 6.45) is 0.0251. The highest BCUT2D eigenvalue weighted by molar-refractivity contribution is 6.11. The molecule has 2 atom stereocenters. The molecule has 12 nitrogen and oxygen atoms in total. The van der Waals surface area contributed by atoms with Crippen LogP contribution in [0, 0.1) is 17.7 Å². The minimum absolute atomic E-state index is 0.0196. The number of aromatic nitrogens is 1. The first-order chi connectivity index (χ1) is 24.2. The van der Waals surface area contributed by atoms with Gasteiger partial charge in [-0.2, -0.15) is 0 Å². The molecule has 12 heteroatoms. The van der Waals surface area contributed by atoms with Crippen molar-refractivity contribution in [3.8, 4) is 22.6 Å². The lowest BCUT2D eigenvalue weighted by Gasteiger charge is -2.14. The standard InChI is InChI=1S/C38H33N5O7/c1-24-41-33(27-12-14-28(15-13-27)34(44)31(20-39)42-37(46)48-22-25-8-4-2-5-9-25)36(50-24)30-18-16-29(17-19-30)35(45)32(21-40)43-38(47)49-23-26-10-6-3-7-11-26/h2-21,31-32,39-40H,22-23H2,1H3,(H,42,46)(H,43,47)/t31-,32-/m0/s1. The number of nitrogens with one attached hydrogen (secondary N) is 4. The Kier molecular flexibility index (Phi) is 11.4. The van der Waals surface area contributed by atoms with Gasteiger partial charge < -0.3 is 35.3 Å². The molecule has 50 heavy (non-hydrogen) atoms. The van der Waals surface area contributed by atoms with Gasteiger partial charge in [0.15, 0.2) is 23.2 Å². The summed E-state index contributed by atoms with van der Waals surface area (Å²) in [6, 6.07) is 28.6. The molecule has 0 aliphatic carbocycles. The van der Waals surface area contributed by atoms with Crippen LogP contribution >= 0.6 is 0 Å². The molecule has 2 amide bonds. The van der Waals surface area contributed by atoms with Gasteiger partial charge in [-0.05, 0) is 11.1 Å². The lowest BCUT2D eigenvalue weighted by atomic mass is 9.99. The first-order valence-corrected chi connectivity index (χ1v) is 15.5. The van der Waals surface area contributed by atoms with Gasteiger partial charge in [-0.15, -0.1) is 0 Å². The fourth-order valence-corrected chi connectivity index (χ4v) is 4.91. The van der Waals surface area contributed by atoms with Gasteiger partial charge in [0, 0.05) is 41.6 Å². The Morgan fingerprint density at radius 3 is 1.50 bits per heavy atom. The highest BCUT2D eigenvalue weighted by Gasteiger charge is 2.24. The minimum atomic E-state index is -1.23. The van der Waals surface area contributed by atoms with E-state index in [9.17, 15) is 19.2 Å². The van der Waals surface area contributed by atoms with E-state index < -0.39 is 35.8 Å². The van der Waals surface area contributed by atoms with Crippen LogP contribution in [0.4, 0.5) is 9.59 Å². The first kappa shape index (κ1) is 34.6. The fraction of sp³-hybridized carbons (Fsp3) is 0.132. The molecule has 4 aromatic carbocycles. The highest BCUT2D eigenvalue weighted by atomic mass is 16.6. The molecule has 0 aliphatic rings. The highest BCUT2D eigenvalue weighted by Crippen LogP contribution is 2.33. The van der Waals surface area contributed by atoms with Crippen LogP contribution in [-0.4, -0.2) is 53.2 Å². The van der Waals surface area contributed by atoms with Crippen LogP contribution in [-0.2, 0) is 22.7 Å². The smallest absolute Gasteiger partial charge is 0.408 e.